The number of hydrogen-bond donors (Lipinski definition) is 0. The molecule has 0 aromatic rings. The van der Waals surface area contributed by atoms with Crippen molar-refractivity contribution in [2.75, 3.05) is 0 Å². The third-order valence-electron chi connectivity index (χ3n) is 0. The van der Waals surface area contributed by atoms with E-state index >= 15 is 0 Å². The zero-order valence-corrected chi connectivity index (χ0v) is 12.4. The van der Waals surface area contributed by atoms with Crippen LogP contribution in [0.25, 0.3) is 0 Å². The van der Waals surface area contributed by atoms with E-state index in [1.165, 1.54) is 0 Å². The molecule has 0 aliphatic heterocycles. The fourth-order valence-corrected chi connectivity index (χ4v) is 0. The Hall–Kier alpha value is 3.84. The molecule has 7 heteroatoms. The topological polar surface area (TPSA) is 92.2 Å². The summed E-state index contributed by atoms with van der Waals surface area (Å²) in [6.07, 6.45) is 0. The van der Waals surface area contributed by atoms with Crippen LogP contribution in [-0.2, 0) is 0 Å². The Morgan fingerprint density at radius 2 is 0.714 bits per heavy atom. The van der Waals surface area contributed by atoms with Gasteiger partial charge in [0.05, 0.1) is 0 Å². The van der Waals surface area contributed by atoms with Crippen LogP contribution < -0.4 is 137 Å². The van der Waals surface area contributed by atoms with Crippen molar-refractivity contribution in [1.29, 1.82) is 0 Å². The molecule has 0 bridgehead atoms. The molecule has 0 spiro atoms. The predicted molar refractivity (Wildman–Crippen MR) is 0 cm³/mol. The van der Waals surface area contributed by atoms with Gasteiger partial charge in [0.2, 0.25) is 0 Å². The van der Waals surface area contributed by atoms with Gasteiger partial charge in [-0.1, -0.05) is 0 Å². The van der Waals surface area contributed by atoms with Gasteiger partial charge in [0, 0.05) is 0 Å². The van der Waals surface area contributed by atoms with E-state index < -0.39 is 20.1 Å². The zero-order chi connectivity index (χ0) is 4.50. The average molecular weight is 269 g/mol. The molecule has 0 aromatic carbocycles. The summed E-state index contributed by atoms with van der Waals surface area (Å²) in [6.45, 7) is 0. The second kappa shape index (κ2) is 7.94. The number of rotatable bonds is 0. The largest absolute Gasteiger partial charge is 1.00 e. The van der Waals surface area contributed by atoms with Crippen LogP contribution in [0.5, 0.6) is 0 Å². The molecule has 0 aliphatic rings. The van der Waals surface area contributed by atoms with Gasteiger partial charge >= 0.3 is 103 Å². The van der Waals surface area contributed by atoms with E-state index in [2.05, 4.69) is 0 Å². The van der Waals surface area contributed by atoms with Crippen LogP contribution in [0.15, 0.2) is 0 Å². The average Bonchev–Trinajstić information content (AvgIpc) is 0.722. The Kier molecular flexibility index (Phi) is 19.4. The monoisotopic (exact) mass is 269 g/mol. The maximum atomic E-state index is 8.62. The Morgan fingerprint density at radius 3 is 0.714 bits per heavy atom. The second-order valence-electron chi connectivity index (χ2n) is 0.378. The van der Waals surface area contributed by atoms with E-state index in [-0.39, 0.29) is 103 Å². The minimum Gasteiger partial charge on any atom is -0.286 e. The summed E-state index contributed by atoms with van der Waals surface area (Å²) in [7, 11) is 0. The molecule has 0 radical (unpaired) electrons. The molecule has 0 rings (SSSR count). The van der Waals surface area contributed by atoms with E-state index in [0.717, 1.165) is 0 Å². The van der Waals surface area contributed by atoms with Crippen molar-refractivity contribution in [3.05, 3.63) is 0 Å². The van der Waals surface area contributed by atoms with Crippen LogP contribution in [0.2, 0.25) is 0 Å². The number of hydrogen-bond acceptors (Lipinski definition) is 4. The molecular formula is IK2O4+. The minimum atomic E-state index is -5.94. The molecule has 4 nitrogen and oxygen atoms in total. The molecule has 0 amide bonds. The third-order valence-corrected chi connectivity index (χ3v) is 0. The normalized spacial score (nSPS) is 8.57. The van der Waals surface area contributed by atoms with E-state index in [4.69, 9.17) is 13.7 Å². The van der Waals surface area contributed by atoms with E-state index in [0.29, 0.717) is 0 Å². The first-order chi connectivity index (χ1) is 2.00. The summed E-state index contributed by atoms with van der Waals surface area (Å²) >= 11 is -5.94. The van der Waals surface area contributed by atoms with Crippen molar-refractivity contribution in [3.63, 3.8) is 0 Å². The van der Waals surface area contributed by atoms with Crippen molar-refractivity contribution in [2.24, 2.45) is 0 Å². The summed E-state index contributed by atoms with van der Waals surface area (Å²) in [5.41, 5.74) is 0. The van der Waals surface area contributed by atoms with Crippen molar-refractivity contribution in [3.8, 4) is 0 Å². The molecule has 0 N–H and O–H groups in total. The van der Waals surface area contributed by atoms with E-state index in [1.807, 2.05) is 0 Å². The fourth-order valence-electron chi connectivity index (χ4n) is 0. The molecule has 32 valence electrons. The van der Waals surface area contributed by atoms with Crippen LogP contribution in [0, 0.1) is 0 Å². The van der Waals surface area contributed by atoms with Gasteiger partial charge in [0.15, 0.2) is 0 Å². The third kappa shape index (κ3) is 41.0. The second-order valence-corrected chi connectivity index (χ2v) is 2.54. The van der Waals surface area contributed by atoms with Gasteiger partial charge in [-0.3, -0.25) is 13.7 Å². The van der Waals surface area contributed by atoms with Gasteiger partial charge in [-0.25, -0.2) is 0 Å². The van der Waals surface area contributed by atoms with Crippen LogP contribution >= 0.6 is 0 Å². The summed E-state index contributed by atoms with van der Waals surface area (Å²) < 4.78 is 34.5. The van der Waals surface area contributed by atoms with Gasteiger partial charge < -0.3 is 0 Å². The summed E-state index contributed by atoms with van der Waals surface area (Å²) in [4.78, 5) is 0. The molecule has 0 aromatic heterocycles. The Labute approximate surface area is 132 Å². The first-order valence-electron chi connectivity index (χ1n) is 0.617. The quantitative estimate of drug-likeness (QED) is 0.322. The van der Waals surface area contributed by atoms with Gasteiger partial charge in [-0.2, -0.15) is 0 Å². The Balaban J connectivity index is -0.0000000800. The molecule has 0 heterocycles. The molecule has 0 saturated heterocycles. The number of halogens is 1. The molecule has 0 saturated carbocycles. The minimum absolute atomic E-state index is 0. The summed E-state index contributed by atoms with van der Waals surface area (Å²) in [6, 6.07) is 0. The predicted octanol–water partition coefficient (Wildman–Crippen LogP) is -13.7. The van der Waals surface area contributed by atoms with E-state index in [1.54, 1.807) is 0 Å². The first kappa shape index (κ1) is 17.1. The Bertz CT molecular complexity index is 25.2. The van der Waals surface area contributed by atoms with Gasteiger partial charge in [-0.15, -0.1) is 0 Å². The van der Waals surface area contributed by atoms with Crippen molar-refractivity contribution < 1.29 is 137 Å². The molecule has 0 atom stereocenters. The van der Waals surface area contributed by atoms with Crippen LogP contribution in [0.3, 0.4) is 0 Å². The van der Waals surface area contributed by atoms with Crippen molar-refractivity contribution in [2.45, 2.75) is 0 Å². The van der Waals surface area contributed by atoms with Gasteiger partial charge in [0.25, 0.3) is 0 Å². The summed E-state index contributed by atoms with van der Waals surface area (Å²) in [5, 5.41) is 0. The maximum absolute atomic E-state index is 8.62. The SMILES string of the molecule is [K+].[K+].[O-][I+3]([O-])([O-])[O-]. The smallest absolute Gasteiger partial charge is 0.286 e. The van der Waals surface area contributed by atoms with Crippen LogP contribution in [0.1, 0.15) is 0 Å². The van der Waals surface area contributed by atoms with Crippen molar-refractivity contribution in [1.82, 2.24) is 0 Å². The molecular weight excluding hydrogens is 269 g/mol. The van der Waals surface area contributed by atoms with E-state index in [9.17, 15) is 0 Å². The maximum Gasteiger partial charge on any atom is 1.00 e. The van der Waals surface area contributed by atoms with Crippen LogP contribution in [-0.4, -0.2) is 0 Å². The standard InChI is InChI=1S/IO4.2K/c2-1(3,4)5;;/q-1;2*+1. The zero-order valence-electron chi connectivity index (χ0n) is 4.01. The first-order valence-corrected chi connectivity index (χ1v) is 4.14. The molecule has 7 heavy (non-hydrogen) atoms. The Morgan fingerprint density at radius 1 is 0.714 bits per heavy atom. The van der Waals surface area contributed by atoms with Crippen LogP contribution in [0.4, 0.5) is 0 Å². The molecule has 0 aliphatic carbocycles. The summed E-state index contributed by atoms with van der Waals surface area (Å²) in [5.74, 6) is 0. The fraction of sp³-hybridized carbons (Fsp3) is 0. The molecule has 0 fully saturated rings. The van der Waals surface area contributed by atoms with Crippen molar-refractivity contribution >= 4 is 0 Å². The van der Waals surface area contributed by atoms with Gasteiger partial charge in [0.1, 0.15) is 20.1 Å². The molecule has 0 unspecified atom stereocenters. The van der Waals surface area contributed by atoms with Gasteiger partial charge in [-0.05, 0) is 0 Å².